The number of hydrogen-bond acceptors (Lipinski definition) is 9. The molecule has 3 heterocycles. The molecule has 2 aromatic heterocycles. The highest BCUT2D eigenvalue weighted by molar-refractivity contribution is 7.89. The van der Waals surface area contributed by atoms with Crippen LogP contribution in [0.3, 0.4) is 0 Å². The molecule has 0 unspecified atom stereocenters. The minimum absolute atomic E-state index is 0.0466. The summed E-state index contributed by atoms with van der Waals surface area (Å²) in [7, 11) is -0.814. The first-order chi connectivity index (χ1) is 20.3. The Balaban J connectivity index is 1.24. The van der Waals surface area contributed by atoms with Crippen molar-refractivity contribution in [3.63, 3.8) is 0 Å². The molecule has 0 bridgehead atoms. The number of rotatable bonds is 10. The van der Waals surface area contributed by atoms with Gasteiger partial charge in [0, 0.05) is 42.8 Å². The fourth-order valence-electron chi connectivity index (χ4n) is 4.64. The van der Waals surface area contributed by atoms with E-state index in [4.69, 9.17) is 25.5 Å². The summed E-state index contributed by atoms with van der Waals surface area (Å²) in [5.41, 5.74) is 1.45. The lowest BCUT2D eigenvalue weighted by Crippen LogP contribution is -2.52. The van der Waals surface area contributed by atoms with Gasteiger partial charge in [-0.1, -0.05) is 11.6 Å². The number of furan rings is 1. The number of carbonyl (C=O) groups excluding carboxylic acids is 1. The van der Waals surface area contributed by atoms with Gasteiger partial charge in [-0.25, -0.2) is 8.42 Å². The zero-order chi connectivity index (χ0) is 29.7. The average molecular weight is 612 g/mol. The molecule has 13 heteroatoms. The number of nitrogens with zero attached hydrogens (tertiary/aromatic N) is 5. The van der Waals surface area contributed by atoms with Crippen LogP contribution >= 0.6 is 11.6 Å². The highest BCUT2D eigenvalue weighted by atomic mass is 35.5. The van der Waals surface area contributed by atoms with Crippen molar-refractivity contribution in [1.29, 1.82) is 0 Å². The third-order valence-corrected chi connectivity index (χ3v) is 9.02. The van der Waals surface area contributed by atoms with E-state index in [2.05, 4.69) is 10.2 Å². The Morgan fingerprint density at radius 2 is 1.74 bits per heavy atom. The molecule has 220 valence electrons. The van der Waals surface area contributed by atoms with Gasteiger partial charge < -0.3 is 23.7 Å². The lowest BCUT2D eigenvalue weighted by molar-refractivity contribution is -0.131. The van der Waals surface area contributed by atoms with Crippen LogP contribution < -0.4 is 14.4 Å². The number of halogens is 1. The van der Waals surface area contributed by atoms with E-state index in [9.17, 15) is 13.2 Å². The molecule has 11 nitrogen and oxygen atoms in total. The molecule has 1 amide bonds. The number of aromatic nitrogens is 2. The molecule has 0 spiro atoms. The Bertz CT molecular complexity index is 1610. The number of carbonyl (C=O) groups is 1. The van der Waals surface area contributed by atoms with Gasteiger partial charge in [-0.15, -0.1) is 10.2 Å². The minimum Gasteiger partial charge on any atom is -0.497 e. The normalized spacial score (nSPS) is 13.8. The third-order valence-electron chi connectivity index (χ3n) is 6.97. The lowest BCUT2D eigenvalue weighted by Gasteiger charge is -2.36. The summed E-state index contributed by atoms with van der Waals surface area (Å²) in [6.45, 7) is 1.45. The highest BCUT2D eigenvalue weighted by Crippen LogP contribution is 2.32. The van der Waals surface area contributed by atoms with Crippen LogP contribution in [-0.4, -0.2) is 80.7 Å². The van der Waals surface area contributed by atoms with E-state index < -0.39 is 10.0 Å². The number of anilines is 1. The summed E-state index contributed by atoms with van der Waals surface area (Å²) < 4.78 is 44.2. The Labute approximate surface area is 249 Å². The van der Waals surface area contributed by atoms with Crippen LogP contribution in [0.5, 0.6) is 11.5 Å². The molecule has 0 atom stereocenters. The minimum atomic E-state index is -3.99. The van der Waals surface area contributed by atoms with Crippen LogP contribution in [-0.2, 0) is 21.4 Å². The topological polar surface area (TPSA) is 118 Å². The van der Waals surface area contributed by atoms with Gasteiger partial charge >= 0.3 is 0 Å². The SMILES string of the molecule is COc1ccc(-c2ccc(N3CCN(C(=O)CN(Cc4ccco4)S(=O)(=O)c4ccc(Cl)cc4)CC3)nn2)c(OC)c1. The van der Waals surface area contributed by atoms with Gasteiger partial charge in [-0.3, -0.25) is 4.79 Å². The van der Waals surface area contributed by atoms with Crippen LogP contribution in [0.25, 0.3) is 11.3 Å². The maximum absolute atomic E-state index is 13.5. The molecule has 1 fully saturated rings. The van der Waals surface area contributed by atoms with Crippen molar-refractivity contribution in [2.45, 2.75) is 11.4 Å². The summed E-state index contributed by atoms with van der Waals surface area (Å²) in [6.07, 6.45) is 1.46. The summed E-state index contributed by atoms with van der Waals surface area (Å²) >= 11 is 5.95. The lowest BCUT2D eigenvalue weighted by atomic mass is 10.1. The van der Waals surface area contributed by atoms with Crippen molar-refractivity contribution >= 4 is 33.3 Å². The fourth-order valence-corrected chi connectivity index (χ4v) is 6.12. The summed E-state index contributed by atoms with van der Waals surface area (Å²) in [6, 6.07) is 18.4. The van der Waals surface area contributed by atoms with E-state index in [1.807, 2.05) is 29.2 Å². The molecule has 0 aliphatic carbocycles. The van der Waals surface area contributed by atoms with Gasteiger partial charge in [-0.2, -0.15) is 4.31 Å². The van der Waals surface area contributed by atoms with Gasteiger partial charge in [0.15, 0.2) is 5.82 Å². The molecular weight excluding hydrogens is 582 g/mol. The zero-order valence-corrected chi connectivity index (χ0v) is 24.7. The number of sulfonamides is 1. The maximum Gasteiger partial charge on any atom is 0.243 e. The Hall–Kier alpha value is -4.13. The molecule has 0 saturated carbocycles. The average Bonchev–Trinajstić information content (AvgIpc) is 3.54. The molecular formula is C29H30ClN5O6S. The number of piperazine rings is 1. The first-order valence-corrected chi connectivity index (χ1v) is 15.0. The van der Waals surface area contributed by atoms with Gasteiger partial charge in [-0.05, 0) is 60.7 Å². The van der Waals surface area contributed by atoms with Crippen molar-refractivity contribution < 1.29 is 27.1 Å². The number of ether oxygens (including phenoxy) is 2. The third kappa shape index (κ3) is 6.51. The maximum atomic E-state index is 13.5. The molecule has 2 aromatic carbocycles. The second-order valence-corrected chi connectivity index (χ2v) is 11.9. The van der Waals surface area contributed by atoms with Crippen molar-refractivity contribution in [2.75, 3.05) is 51.8 Å². The first kappa shape index (κ1) is 29.4. The van der Waals surface area contributed by atoms with Crippen molar-refractivity contribution in [1.82, 2.24) is 19.4 Å². The Morgan fingerprint density at radius 1 is 0.976 bits per heavy atom. The predicted octanol–water partition coefficient (Wildman–Crippen LogP) is 3.95. The van der Waals surface area contributed by atoms with E-state index >= 15 is 0 Å². The highest BCUT2D eigenvalue weighted by Gasteiger charge is 2.31. The van der Waals surface area contributed by atoms with Crippen molar-refractivity contribution in [2.24, 2.45) is 0 Å². The van der Waals surface area contributed by atoms with E-state index in [1.165, 1.54) is 30.5 Å². The van der Waals surface area contributed by atoms with Gasteiger partial charge in [0.05, 0.1) is 44.2 Å². The molecule has 1 saturated heterocycles. The van der Waals surface area contributed by atoms with Crippen LogP contribution in [0.15, 0.2) is 82.3 Å². The summed E-state index contributed by atoms with van der Waals surface area (Å²) in [5, 5.41) is 9.22. The standard InChI is InChI=1S/C29H30ClN5O6S/c1-39-22-7-10-25(27(18-22)40-2)26-11-12-28(32-31-26)33-13-15-34(16-14-33)29(36)20-35(19-23-4-3-17-41-23)42(37,38)24-8-5-21(30)6-9-24/h3-12,17-18H,13-16,19-20H2,1-2H3. The molecule has 4 aromatic rings. The second-order valence-electron chi connectivity index (χ2n) is 9.52. The van der Waals surface area contributed by atoms with E-state index in [0.29, 0.717) is 60.0 Å². The van der Waals surface area contributed by atoms with Crippen LogP contribution in [0.1, 0.15) is 5.76 Å². The fraction of sp³-hybridized carbons (Fsp3) is 0.276. The number of hydrogen-bond donors (Lipinski definition) is 0. The smallest absolute Gasteiger partial charge is 0.243 e. The Kier molecular flexibility index (Phi) is 8.95. The van der Waals surface area contributed by atoms with Crippen LogP contribution in [0, 0.1) is 0 Å². The summed E-state index contributed by atoms with van der Waals surface area (Å²) in [5.74, 6) is 2.12. The quantitative estimate of drug-likeness (QED) is 0.263. The van der Waals surface area contributed by atoms with Gasteiger partial charge in [0.1, 0.15) is 17.3 Å². The van der Waals surface area contributed by atoms with Gasteiger partial charge in [0.2, 0.25) is 15.9 Å². The molecule has 5 rings (SSSR count). The van der Waals surface area contributed by atoms with E-state index in [-0.39, 0.29) is 23.9 Å². The first-order valence-electron chi connectivity index (χ1n) is 13.2. The molecule has 0 N–H and O–H groups in total. The largest absolute Gasteiger partial charge is 0.497 e. The molecule has 0 radical (unpaired) electrons. The molecule has 42 heavy (non-hydrogen) atoms. The number of amides is 1. The predicted molar refractivity (Wildman–Crippen MR) is 157 cm³/mol. The zero-order valence-electron chi connectivity index (χ0n) is 23.1. The Morgan fingerprint density at radius 3 is 2.36 bits per heavy atom. The second kappa shape index (κ2) is 12.8. The van der Waals surface area contributed by atoms with Gasteiger partial charge in [0.25, 0.3) is 0 Å². The van der Waals surface area contributed by atoms with Crippen LogP contribution in [0.4, 0.5) is 5.82 Å². The summed E-state index contributed by atoms with van der Waals surface area (Å²) in [4.78, 5) is 17.1. The van der Waals surface area contributed by atoms with Crippen LogP contribution in [0.2, 0.25) is 5.02 Å². The van der Waals surface area contributed by atoms with E-state index in [1.54, 1.807) is 37.3 Å². The molecule has 1 aliphatic rings. The number of methoxy groups -OCH3 is 2. The van der Waals surface area contributed by atoms with Crippen molar-refractivity contribution in [3.05, 3.63) is 83.8 Å². The van der Waals surface area contributed by atoms with E-state index in [0.717, 1.165) is 9.87 Å². The molecule has 1 aliphatic heterocycles. The van der Waals surface area contributed by atoms with Crippen molar-refractivity contribution in [3.8, 4) is 22.8 Å². The number of benzene rings is 2. The monoisotopic (exact) mass is 611 g/mol.